The van der Waals surface area contributed by atoms with Crippen LogP contribution in [0.15, 0.2) is 41.3 Å². The maximum atomic E-state index is 13.9. The second-order valence-corrected chi connectivity index (χ2v) is 11.7. The number of fused-ring (bicyclic) bond motifs is 1. The second kappa shape index (κ2) is 9.89. The van der Waals surface area contributed by atoms with Crippen LogP contribution in [0.3, 0.4) is 0 Å². The van der Waals surface area contributed by atoms with Crippen molar-refractivity contribution in [2.45, 2.75) is 49.8 Å². The summed E-state index contributed by atoms with van der Waals surface area (Å²) in [4.78, 5) is 27.4. The second-order valence-electron chi connectivity index (χ2n) is 9.80. The smallest absolute Gasteiger partial charge is 0.243 e. The molecule has 2 aromatic carbocycles. The van der Waals surface area contributed by atoms with E-state index in [2.05, 4.69) is 5.32 Å². The van der Waals surface area contributed by atoms with Crippen molar-refractivity contribution >= 4 is 33.2 Å². The number of nitrogens with one attached hydrogen (secondary N) is 1. The van der Waals surface area contributed by atoms with Gasteiger partial charge in [0.15, 0.2) is 0 Å². The molecule has 5 rings (SSSR count). The fraction of sp³-hybridized carbons (Fsp3) is 0.462. The van der Waals surface area contributed by atoms with Crippen LogP contribution in [0.4, 0.5) is 20.2 Å². The molecule has 0 unspecified atom stereocenters. The molecule has 0 aromatic heterocycles. The van der Waals surface area contributed by atoms with Gasteiger partial charge in [0.1, 0.15) is 11.6 Å². The molecule has 1 N–H and O–H groups in total. The van der Waals surface area contributed by atoms with Gasteiger partial charge in [0, 0.05) is 43.2 Å². The molecule has 2 heterocycles. The quantitative estimate of drug-likeness (QED) is 0.648. The summed E-state index contributed by atoms with van der Waals surface area (Å²) in [6.07, 6.45) is 4.97. The first-order chi connectivity index (χ1) is 17.2. The van der Waals surface area contributed by atoms with Gasteiger partial charge in [0.2, 0.25) is 21.8 Å². The summed E-state index contributed by atoms with van der Waals surface area (Å²) in [6, 6.07) is 7.82. The van der Waals surface area contributed by atoms with Crippen molar-refractivity contribution in [1.82, 2.24) is 4.31 Å². The lowest BCUT2D eigenvalue weighted by Gasteiger charge is -2.35. The first-order valence-electron chi connectivity index (χ1n) is 12.4. The van der Waals surface area contributed by atoms with Gasteiger partial charge in [0.05, 0.1) is 10.6 Å². The first-order valence-corrected chi connectivity index (χ1v) is 13.9. The Kier molecular flexibility index (Phi) is 6.82. The zero-order chi connectivity index (χ0) is 25.4. The van der Waals surface area contributed by atoms with Crippen molar-refractivity contribution in [3.05, 3.63) is 53.6 Å². The molecule has 2 amide bonds. The van der Waals surface area contributed by atoms with Crippen molar-refractivity contribution in [3.8, 4) is 0 Å². The third-order valence-electron chi connectivity index (χ3n) is 7.54. The number of hydrogen-bond acceptors (Lipinski definition) is 4. The highest BCUT2D eigenvalue weighted by atomic mass is 32.2. The topological polar surface area (TPSA) is 86.8 Å². The number of sulfonamides is 1. The number of amides is 2. The predicted octanol–water partition coefficient (Wildman–Crippen LogP) is 4.08. The third-order valence-corrected chi connectivity index (χ3v) is 9.43. The number of carbonyl (C=O) groups is 2. The van der Waals surface area contributed by atoms with Crippen LogP contribution in [-0.2, 0) is 26.0 Å². The summed E-state index contributed by atoms with van der Waals surface area (Å²) < 4.78 is 55.3. The van der Waals surface area contributed by atoms with Gasteiger partial charge in [-0.05, 0) is 74.4 Å². The molecule has 1 aliphatic carbocycles. The minimum absolute atomic E-state index is 0.0789. The standard InChI is InChI=1S/C26H29F2N3O4S/c27-20-6-8-22(28)23(16-20)29-25(32)17-10-13-30(14-11-17)36(34,35)21-7-9-24-19(15-21)5-2-12-31(24)26(33)18-3-1-4-18/h6-9,15-18H,1-5,10-14H2,(H,29,32). The van der Waals surface area contributed by atoms with Crippen LogP contribution in [0.5, 0.6) is 0 Å². The van der Waals surface area contributed by atoms with Crippen molar-refractivity contribution in [2.75, 3.05) is 29.9 Å². The van der Waals surface area contributed by atoms with E-state index in [1.165, 1.54) is 4.31 Å². The normalized spacial score (nSPS) is 19.4. The maximum absolute atomic E-state index is 13.9. The lowest BCUT2D eigenvalue weighted by molar-refractivity contribution is -0.124. The average molecular weight is 518 g/mol. The highest BCUT2D eigenvalue weighted by Crippen LogP contribution is 2.36. The van der Waals surface area contributed by atoms with Crippen LogP contribution in [0.2, 0.25) is 0 Å². The van der Waals surface area contributed by atoms with Crippen LogP contribution >= 0.6 is 0 Å². The summed E-state index contributed by atoms with van der Waals surface area (Å²) in [5, 5.41) is 2.42. The van der Waals surface area contributed by atoms with Crippen molar-refractivity contribution in [2.24, 2.45) is 11.8 Å². The Morgan fingerprint density at radius 3 is 2.33 bits per heavy atom. The molecule has 1 saturated heterocycles. The number of benzene rings is 2. The lowest BCUT2D eigenvalue weighted by Crippen LogP contribution is -2.42. The molecule has 3 aliphatic rings. The summed E-state index contributed by atoms with van der Waals surface area (Å²) in [6.45, 7) is 0.953. The molecule has 36 heavy (non-hydrogen) atoms. The highest BCUT2D eigenvalue weighted by molar-refractivity contribution is 7.89. The van der Waals surface area contributed by atoms with E-state index in [0.717, 1.165) is 55.1 Å². The van der Waals surface area contributed by atoms with Gasteiger partial charge in [-0.15, -0.1) is 0 Å². The SMILES string of the molecule is O=C(Nc1cc(F)ccc1F)C1CCN(S(=O)(=O)c2ccc3c(c2)CCCN3C(=O)C2CCC2)CC1. The van der Waals surface area contributed by atoms with E-state index in [1.54, 1.807) is 18.2 Å². The summed E-state index contributed by atoms with van der Waals surface area (Å²) in [7, 11) is -3.77. The molecular formula is C26H29F2N3O4S. The molecule has 0 bridgehead atoms. The van der Waals surface area contributed by atoms with E-state index >= 15 is 0 Å². The van der Waals surface area contributed by atoms with E-state index in [1.807, 2.05) is 4.90 Å². The molecule has 0 atom stereocenters. The molecule has 2 aromatic rings. The van der Waals surface area contributed by atoms with Gasteiger partial charge in [0.25, 0.3) is 0 Å². The molecule has 192 valence electrons. The van der Waals surface area contributed by atoms with E-state index < -0.39 is 33.5 Å². The third kappa shape index (κ3) is 4.76. The predicted molar refractivity (Wildman–Crippen MR) is 131 cm³/mol. The fourth-order valence-corrected chi connectivity index (χ4v) is 6.69. The minimum atomic E-state index is -3.77. The minimum Gasteiger partial charge on any atom is -0.323 e. The van der Waals surface area contributed by atoms with Gasteiger partial charge in [-0.3, -0.25) is 9.59 Å². The zero-order valence-corrected chi connectivity index (χ0v) is 20.7. The molecule has 7 nitrogen and oxygen atoms in total. The number of halogens is 2. The lowest BCUT2D eigenvalue weighted by atomic mass is 9.83. The number of hydrogen-bond donors (Lipinski definition) is 1. The molecule has 1 saturated carbocycles. The fourth-order valence-electron chi connectivity index (χ4n) is 5.17. The van der Waals surface area contributed by atoms with Crippen molar-refractivity contribution in [3.63, 3.8) is 0 Å². The van der Waals surface area contributed by atoms with Crippen LogP contribution in [0.1, 0.15) is 44.1 Å². The van der Waals surface area contributed by atoms with Gasteiger partial charge < -0.3 is 10.2 Å². The Hall–Kier alpha value is -2.85. The van der Waals surface area contributed by atoms with E-state index in [-0.39, 0.29) is 48.3 Å². The van der Waals surface area contributed by atoms with E-state index in [9.17, 15) is 26.8 Å². The molecular weight excluding hydrogens is 488 g/mol. The number of piperidine rings is 1. The molecule has 2 aliphatic heterocycles. The molecule has 2 fully saturated rings. The molecule has 0 radical (unpaired) electrons. The number of aryl methyl sites for hydroxylation is 1. The van der Waals surface area contributed by atoms with Crippen LogP contribution < -0.4 is 10.2 Å². The van der Waals surface area contributed by atoms with E-state index in [4.69, 9.17) is 0 Å². The van der Waals surface area contributed by atoms with Gasteiger partial charge in [-0.2, -0.15) is 4.31 Å². The Morgan fingerprint density at radius 1 is 0.889 bits per heavy atom. The van der Waals surface area contributed by atoms with Crippen LogP contribution in [0, 0.1) is 23.5 Å². The largest absolute Gasteiger partial charge is 0.323 e. The summed E-state index contributed by atoms with van der Waals surface area (Å²) in [5.41, 5.74) is 1.44. The Balaban J connectivity index is 1.25. The van der Waals surface area contributed by atoms with Gasteiger partial charge in [-0.25, -0.2) is 17.2 Å². The Morgan fingerprint density at radius 2 is 1.64 bits per heavy atom. The van der Waals surface area contributed by atoms with Crippen molar-refractivity contribution < 1.29 is 26.8 Å². The summed E-state index contributed by atoms with van der Waals surface area (Å²) in [5.74, 6) is -2.14. The van der Waals surface area contributed by atoms with Crippen molar-refractivity contribution in [1.29, 1.82) is 0 Å². The monoisotopic (exact) mass is 517 g/mol. The van der Waals surface area contributed by atoms with E-state index in [0.29, 0.717) is 13.0 Å². The first kappa shape index (κ1) is 24.8. The van der Waals surface area contributed by atoms with Gasteiger partial charge in [-0.1, -0.05) is 6.42 Å². The maximum Gasteiger partial charge on any atom is 0.243 e. The van der Waals surface area contributed by atoms with Gasteiger partial charge >= 0.3 is 0 Å². The molecule has 0 spiro atoms. The zero-order valence-electron chi connectivity index (χ0n) is 19.9. The number of anilines is 2. The molecule has 10 heteroatoms. The average Bonchev–Trinajstić information content (AvgIpc) is 2.84. The number of carbonyl (C=O) groups excluding carboxylic acids is 2. The summed E-state index contributed by atoms with van der Waals surface area (Å²) >= 11 is 0. The Labute approximate surface area is 209 Å². The highest BCUT2D eigenvalue weighted by Gasteiger charge is 2.35. The van der Waals surface area contributed by atoms with Crippen LogP contribution in [-0.4, -0.2) is 44.2 Å². The number of nitrogens with zero attached hydrogens (tertiary/aromatic N) is 2. The number of rotatable bonds is 5. The Bertz CT molecular complexity index is 1290. The van der Waals surface area contributed by atoms with Crippen LogP contribution in [0.25, 0.3) is 0 Å².